The lowest BCUT2D eigenvalue weighted by atomic mass is 9.96. The first kappa shape index (κ1) is 17.6. The monoisotopic (exact) mass is 381 g/mol. The van der Waals surface area contributed by atoms with Gasteiger partial charge in [0.05, 0.1) is 11.3 Å². The smallest absolute Gasteiger partial charge is 0.271 e. The van der Waals surface area contributed by atoms with Crippen molar-refractivity contribution in [2.45, 2.75) is 23.4 Å². The Morgan fingerprint density at radius 1 is 1.15 bits per heavy atom. The third-order valence-corrected chi connectivity index (χ3v) is 5.96. The van der Waals surface area contributed by atoms with Gasteiger partial charge in [-0.1, -0.05) is 18.2 Å². The number of nitrogens with one attached hydrogen (secondary N) is 1. The lowest BCUT2D eigenvalue weighted by Gasteiger charge is -2.47. The maximum absolute atomic E-state index is 13.4. The Morgan fingerprint density at radius 3 is 2.70 bits per heavy atom. The van der Waals surface area contributed by atoms with Gasteiger partial charge < -0.3 is 10.2 Å². The number of hydrogen-bond acceptors (Lipinski definition) is 4. The highest BCUT2D eigenvalue weighted by Crippen LogP contribution is 2.44. The number of anilines is 2. The van der Waals surface area contributed by atoms with Crippen molar-refractivity contribution < 1.29 is 14.4 Å². The zero-order chi connectivity index (χ0) is 19.2. The lowest BCUT2D eigenvalue weighted by Crippen LogP contribution is -2.68. The van der Waals surface area contributed by atoms with E-state index >= 15 is 0 Å². The van der Waals surface area contributed by atoms with Crippen molar-refractivity contribution in [1.29, 1.82) is 0 Å². The third kappa shape index (κ3) is 2.53. The quantitative estimate of drug-likeness (QED) is 0.830. The van der Waals surface area contributed by atoms with Crippen LogP contribution in [0.5, 0.6) is 0 Å². The fourth-order valence-corrected chi connectivity index (χ4v) is 4.32. The summed E-state index contributed by atoms with van der Waals surface area (Å²) in [7, 11) is 1.59. The molecule has 1 N–H and O–H groups in total. The molecule has 2 heterocycles. The predicted octanol–water partition coefficient (Wildman–Crippen LogP) is 2.96. The minimum atomic E-state index is -1.35. The van der Waals surface area contributed by atoms with Crippen molar-refractivity contribution >= 4 is 40.9 Å². The summed E-state index contributed by atoms with van der Waals surface area (Å²) in [5, 5.41) is 2.91. The van der Waals surface area contributed by atoms with Crippen LogP contribution in [0.2, 0.25) is 0 Å². The summed E-state index contributed by atoms with van der Waals surface area (Å²) >= 11 is 1.58. The average Bonchev–Trinajstić information content (AvgIpc) is 3.05. The maximum Gasteiger partial charge on any atom is 0.271 e. The van der Waals surface area contributed by atoms with Gasteiger partial charge in [-0.2, -0.15) is 0 Å². The molecule has 0 aliphatic carbocycles. The van der Waals surface area contributed by atoms with Crippen LogP contribution in [0, 0.1) is 0 Å². The molecule has 2 aromatic rings. The van der Waals surface area contributed by atoms with E-state index in [0.29, 0.717) is 16.9 Å². The molecule has 138 valence electrons. The lowest BCUT2D eigenvalue weighted by molar-refractivity contribution is -0.128. The van der Waals surface area contributed by atoms with Crippen molar-refractivity contribution in [3.63, 3.8) is 0 Å². The van der Waals surface area contributed by atoms with Gasteiger partial charge in [0.15, 0.2) is 0 Å². The van der Waals surface area contributed by atoms with Gasteiger partial charge in [-0.25, -0.2) is 0 Å². The highest BCUT2D eigenvalue weighted by atomic mass is 32.2. The van der Waals surface area contributed by atoms with E-state index in [4.69, 9.17) is 0 Å². The molecule has 4 rings (SSSR count). The van der Waals surface area contributed by atoms with Crippen LogP contribution < -0.4 is 10.2 Å². The fraction of sp³-hybridized carbons (Fsp3) is 0.250. The van der Waals surface area contributed by atoms with Crippen molar-refractivity contribution in [3.05, 3.63) is 54.1 Å². The van der Waals surface area contributed by atoms with E-state index in [-0.39, 0.29) is 30.6 Å². The van der Waals surface area contributed by atoms with Crippen LogP contribution in [0.3, 0.4) is 0 Å². The number of rotatable bonds is 3. The molecule has 7 heteroatoms. The normalized spacial score (nSPS) is 21.1. The summed E-state index contributed by atoms with van der Waals surface area (Å²) in [6.07, 6.45) is 2.43. The second-order valence-corrected chi connectivity index (χ2v) is 7.49. The Bertz CT molecular complexity index is 961. The van der Waals surface area contributed by atoms with Gasteiger partial charge in [0, 0.05) is 30.5 Å². The van der Waals surface area contributed by atoms with E-state index in [1.165, 1.54) is 9.80 Å². The largest absolute Gasteiger partial charge is 0.322 e. The third-order valence-electron chi connectivity index (χ3n) is 5.23. The van der Waals surface area contributed by atoms with E-state index in [1.807, 2.05) is 24.5 Å². The number of para-hydroxylation sites is 1. The van der Waals surface area contributed by atoms with E-state index in [0.717, 1.165) is 4.90 Å². The highest BCUT2D eigenvalue weighted by molar-refractivity contribution is 7.98. The standard InChI is InChI=1S/C20H19N3O3S/c1-22-18(25)15-8-3-4-9-16(15)23-17(24)10-11-20(22,23)19(26)21-13-6-5-7-14(12-13)27-2/h3-9,12H,10-11H2,1-2H3,(H,21,26)/t20-/m0/s1. The summed E-state index contributed by atoms with van der Waals surface area (Å²) in [6.45, 7) is 0. The van der Waals surface area contributed by atoms with Crippen molar-refractivity contribution in [2.24, 2.45) is 0 Å². The maximum atomic E-state index is 13.4. The van der Waals surface area contributed by atoms with Gasteiger partial charge in [-0.15, -0.1) is 11.8 Å². The zero-order valence-corrected chi connectivity index (χ0v) is 15.9. The number of benzene rings is 2. The molecule has 2 aliphatic rings. The molecule has 0 bridgehead atoms. The average molecular weight is 381 g/mol. The fourth-order valence-electron chi connectivity index (χ4n) is 3.86. The second kappa shape index (κ2) is 6.42. The van der Waals surface area contributed by atoms with E-state index in [1.54, 1.807) is 49.1 Å². The first-order chi connectivity index (χ1) is 13.0. The van der Waals surface area contributed by atoms with Gasteiger partial charge in [0.2, 0.25) is 11.6 Å². The number of nitrogens with zero attached hydrogens (tertiary/aromatic N) is 2. The molecule has 0 aromatic heterocycles. The van der Waals surface area contributed by atoms with Crippen LogP contribution in [-0.4, -0.2) is 41.6 Å². The molecule has 1 fully saturated rings. The molecule has 27 heavy (non-hydrogen) atoms. The van der Waals surface area contributed by atoms with Crippen molar-refractivity contribution in [2.75, 3.05) is 23.5 Å². The Labute approximate surface area is 161 Å². The number of fused-ring (bicyclic) bond motifs is 3. The van der Waals surface area contributed by atoms with Gasteiger partial charge in [0.1, 0.15) is 0 Å². The Balaban J connectivity index is 1.78. The number of carbonyl (C=O) groups is 3. The molecule has 1 saturated heterocycles. The molecule has 0 radical (unpaired) electrons. The van der Waals surface area contributed by atoms with Gasteiger partial charge in [-0.3, -0.25) is 19.3 Å². The van der Waals surface area contributed by atoms with Crippen LogP contribution in [-0.2, 0) is 9.59 Å². The van der Waals surface area contributed by atoms with Gasteiger partial charge in [0.25, 0.3) is 11.8 Å². The van der Waals surface area contributed by atoms with Crippen LogP contribution in [0.15, 0.2) is 53.4 Å². The molecule has 0 saturated carbocycles. The van der Waals surface area contributed by atoms with Gasteiger partial charge >= 0.3 is 0 Å². The molecule has 0 unspecified atom stereocenters. The first-order valence-corrected chi connectivity index (χ1v) is 9.87. The SMILES string of the molecule is CSc1cccc(NC(=O)[C@]23CCC(=O)N2c2ccccc2C(=O)N3C)c1. The molecule has 3 amide bonds. The zero-order valence-electron chi connectivity index (χ0n) is 15.1. The Hall–Kier alpha value is -2.80. The predicted molar refractivity (Wildman–Crippen MR) is 105 cm³/mol. The van der Waals surface area contributed by atoms with Crippen LogP contribution >= 0.6 is 11.8 Å². The number of likely N-dealkylation sites (N-methyl/N-ethyl adjacent to an activating group) is 1. The summed E-state index contributed by atoms with van der Waals surface area (Å²) in [5.74, 6) is -0.795. The molecule has 2 aromatic carbocycles. The topological polar surface area (TPSA) is 69.7 Å². The molecule has 6 nitrogen and oxygen atoms in total. The number of amides is 3. The summed E-state index contributed by atoms with van der Waals surface area (Å²) in [6, 6.07) is 14.4. The van der Waals surface area contributed by atoms with Crippen molar-refractivity contribution in [3.8, 4) is 0 Å². The number of thioether (sulfide) groups is 1. The minimum Gasteiger partial charge on any atom is -0.322 e. The highest BCUT2D eigenvalue weighted by Gasteiger charge is 2.59. The number of hydrogen-bond donors (Lipinski definition) is 1. The molecule has 1 atom stereocenters. The number of carbonyl (C=O) groups excluding carboxylic acids is 3. The van der Waals surface area contributed by atoms with Crippen molar-refractivity contribution in [1.82, 2.24) is 4.90 Å². The Kier molecular flexibility index (Phi) is 4.19. The van der Waals surface area contributed by atoms with Gasteiger partial charge in [-0.05, 0) is 36.6 Å². The summed E-state index contributed by atoms with van der Waals surface area (Å²) in [4.78, 5) is 42.9. The van der Waals surface area contributed by atoms with Crippen LogP contribution in [0.1, 0.15) is 23.2 Å². The summed E-state index contributed by atoms with van der Waals surface area (Å²) in [5.41, 5.74) is 0.220. The second-order valence-electron chi connectivity index (χ2n) is 6.61. The summed E-state index contributed by atoms with van der Waals surface area (Å²) < 4.78 is 0. The molecular weight excluding hydrogens is 362 g/mol. The van der Waals surface area contributed by atoms with E-state index < -0.39 is 5.66 Å². The minimum absolute atomic E-state index is 0.158. The molecular formula is C20H19N3O3S. The van der Waals surface area contributed by atoms with Crippen LogP contribution in [0.4, 0.5) is 11.4 Å². The van der Waals surface area contributed by atoms with Crippen LogP contribution in [0.25, 0.3) is 0 Å². The first-order valence-electron chi connectivity index (χ1n) is 8.65. The Morgan fingerprint density at radius 2 is 1.93 bits per heavy atom. The van der Waals surface area contributed by atoms with E-state index in [2.05, 4.69) is 5.32 Å². The molecule has 2 aliphatic heterocycles. The van der Waals surface area contributed by atoms with E-state index in [9.17, 15) is 14.4 Å². The molecule has 0 spiro atoms.